The lowest BCUT2D eigenvalue weighted by atomic mass is 10.1. The minimum Gasteiger partial charge on any atom is -0.478 e. The van der Waals surface area contributed by atoms with Gasteiger partial charge in [-0.05, 0) is 29.8 Å². The molecule has 1 N–H and O–H groups in total. The first kappa shape index (κ1) is 19.4. The molecule has 1 amide bonds. The van der Waals surface area contributed by atoms with Crippen molar-refractivity contribution in [3.63, 3.8) is 0 Å². The number of hydrogen-bond donors (Lipinski definition) is 2. The molecule has 5 nitrogen and oxygen atoms in total. The van der Waals surface area contributed by atoms with Crippen molar-refractivity contribution in [2.24, 2.45) is 0 Å². The fourth-order valence-electron chi connectivity index (χ4n) is 2.99. The van der Waals surface area contributed by atoms with Gasteiger partial charge in [0.1, 0.15) is 16.2 Å². The van der Waals surface area contributed by atoms with Gasteiger partial charge in [0, 0.05) is 18.2 Å². The predicted octanol–water partition coefficient (Wildman–Crippen LogP) is 4.97. The van der Waals surface area contributed by atoms with Crippen molar-refractivity contribution in [2.75, 3.05) is 0 Å². The van der Waals surface area contributed by atoms with Crippen LogP contribution in [0.5, 0.6) is 0 Å². The van der Waals surface area contributed by atoms with Gasteiger partial charge in [0.15, 0.2) is 0 Å². The number of carbonyl (C=O) groups excluding carboxylic acids is 1. The third-order valence-electron chi connectivity index (χ3n) is 4.48. The third-order valence-corrected chi connectivity index (χ3v) is 6.09. The lowest BCUT2D eigenvalue weighted by Crippen LogP contribution is -2.28. The molecule has 1 unspecified atom stereocenters. The molecule has 2 heterocycles. The van der Waals surface area contributed by atoms with Crippen molar-refractivity contribution in [3.05, 3.63) is 88.5 Å². The predicted molar refractivity (Wildman–Crippen MR) is 116 cm³/mol. The highest BCUT2D eigenvalue weighted by Crippen LogP contribution is 2.39. The van der Waals surface area contributed by atoms with Gasteiger partial charge in [-0.2, -0.15) is 0 Å². The van der Waals surface area contributed by atoms with Crippen LogP contribution in [-0.2, 0) is 11.3 Å². The Morgan fingerprint density at radius 1 is 1.10 bits per heavy atom. The molecule has 3 aromatic rings. The zero-order valence-corrected chi connectivity index (χ0v) is 16.9. The summed E-state index contributed by atoms with van der Waals surface area (Å²) in [5.74, 6) is 0.107. The van der Waals surface area contributed by atoms with Crippen molar-refractivity contribution in [2.45, 2.75) is 11.3 Å². The molecule has 2 aromatic carbocycles. The van der Waals surface area contributed by atoms with E-state index in [1.165, 1.54) is 23.9 Å². The molecular formula is C22H17NO4S2. The number of rotatable bonds is 5. The molecule has 0 radical (unpaired) electrons. The number of nitrogens with zero attached hydrogens (tertiary/aromatic N) is 1. The van der Waals surface area contributed by atoms with E-state index in [0.29, 0.717) is 23.0 Å². The third kappa shape index (κ3) is 4.26. The van der Waals surface area contributed by atoms with Crippen LogP contribution in [0.1, 0.15) is 21.7 Å². The lowest BCUT2D eigenvalue weighted by Gasteiger charge is -2.19. The van der Waals surface area contributed by atoms with E-state index in [9.17, 15) is 9.59 Å². The number of carboxylic acid groups (broad SMARTS) is 1. The molecule has 1 aliphatic heterocycles. The molecule has 146 valence electrons. The fourth-order valence-corrected chi connectivity index (χ4v) is 4.44. The summed E-state index contributed by atoms with van der Waals surface area (Å²) in [6.45, 7) is 0.498. The van der Waals surface area contributed by atoms with Gasteiger partial charge in [-0.15, -0.1) is 12.6 Å². The Kier molecular flexibility index (Phi) is 5.51. The second kappa shape index (κ2) is 8.23. The number of carboxylic acids is 1. The first-order chi connectivity index (χ1) is 14.0. The maximum absolute atomic E-state index is 12.8. The van der Waals surface area contributed by atoms with Gasteiger partial charge in [0.2, 0.25) is 0 Å². The number of furan rings is 1. The molecule has 1 atom stereocenters. The quantitative estimate of drug-likeness (QED) is 0.448. The smallest absolute Gasteiger partial charge is 0.335 e. The number of aromatic carboxylic acids is 1. The van der Waals surface area contributed by atoms with Crippen LogP contribution in [0.25, 0.3) is 17.4 Å². The molecule has 1 aromatic heterocycles. The lowest BCUT2D eigenvalue weighted by molar-refractivity contribution is -0.125. The van der Waals surface area contributed by atoms with E-state index in [-0.39, 0.29) is 16.2 Å². The Labute approximate surface area is 177 Å². The van der Waals surface area contributed by atoms with Crippen LogP contribution in [0.3, 0.4) is 0 Å². The number of thiol groups is 1. The minimum absolute atomic E-state index is 0.0809. The second-order valence-corrected chi connectivity index (χ2v) is 8.42. The largest absolute Gasteiger partial charge is 0.478 e. The molecule has 1 aliphatic rings. The molecule has 1 saturated heterocycles. The molecule has 0 bridgehead atoms. The highest BCUT2D eigenvalue weighted by atomic mass is 32.2. The van der Waals surface area contributed by atoms with E-state index in [4.69, 9.17) is 9.52 Å². The number of thioether (sulfide) groups is 1. The summed E-state index contributed by atoms with van der Waals surface area (Å²) < 4.78 is 5.58. The van der Waals surface area contributed by atoms with Crippen molar-refractivity contribution < 1.29 is 19.1 Å². The summed E-state index contributed by atoms with van der Waals surface area (Å²) in [6.07, 6.45) is 1.72. The van der Waals surface area contributed by atoms with Crippen LogP contribution in [0, 0.1) is 0 Å². The Hall–Kier alpha value is -2.90. The average molecular weight is 424 g/mol. The maximum atomic E-state index is 12.8. The van der Waals surface area contributed by atoms with E-state index in [1.54, 1.807) is 35.2 Å². The van der Waals surface area contributed by atoms with E-state index in [2.05, 4.69) is 12.6 Å². The monoisotopic (exact) mass is 423 g/mol. The number of benzene rings is 2. The second-order valence-electron chi connectivity index (χ2n) is 6.46. The highest BCUT2D eigenvalue weighted by molar-refractivity contribution is 8.14. The molecule has 29 heavy (non-hydrogen) atoms. The Bertz CT molecular complexity index is 1070. The first-order valence-corrected chi connectivity index (χ1v) is 10.3. The highest BCUT2D eigenvalue weighted by Gasteiger charge is 2.34. The van der Waals surface area contributed by atoms with Crippen molar-refractivity contribution in [1.29, 1.82) is 0 Å². The molecule has 0 saturated carbocycles. The minimum atomic E-state index is -0.973. The van der Waals surface area contributed by atoms with Crippen LogP contribution in [0.15, 0.2) is 76.1 Å². The number of hydrogen-bond acceptors (Lipinski definition) is 5. The van der Waals surface area contributed by atoms with Gasteiger partial charge in [0.25, 0.3) is 5.91 Å². The first-order valence-electron chi connectivity index (χ1n) is 8.86. The normalized spacial score (nSPS) is 17.8. The zero-order valence-electron chi connectivity index (χ0n) is 15.2. The SMILES string of the molecule is O=C(O)c1ccc(-c2ccc(/C=C3\SC(S)N(Cc4ccccc4)C3=O)o2)cc1. The average Bonchev–Trinajstić information content (AvgIpc) is 3.29. The van der Waals surface area contributed by atoms with E-state index >= 15 is 0 Å². The molecule has 0 aliphatic carbocycles. The van der Waals surface area contributed by atoms with Gasteiger partial charge < -0.3 is 14.4 Å². The molecule has 4 rings (SSSR count). The Morgan fingerprint density at radius 2 is 1.83 bits per heavy atom. The van der Waals surface area contributed by atoms with Crippen LogP contribution < -0.4 is 0 Å². The summed E-state index contributed by atoms with van der Waals surface area (Å²) in [7, 11) is 0. The standard InChI is InChI=1S/C22H17NO4S2/c24-20-19(29-22(28)23(20)13-14-4-2-1-3-5-14)12-17-10-11-18(27-17)15-6-8-16(9-7-15)21(25)26/h1-12,22,28H,13H2,(H,25,26)/b19-12-. The molecular weight excluding hydrogens is 406 g/mol. The van der Waals surface area contributed by atoms with E-state index < -0.39 is 5.97 Å². The summed E-state index contributed by atoms with van der Waals surface area (Å²) in [5.41, 5.74) is 2.03. The maximum Gasteiger partial charge on any atom is 0.335 e. The summed E-state index contributed by atoms with van der Waals surface area (Å²) in [5, 5.41) is 8.99. The number of amides is 1. The van der Waals surface area contributed by atoms with Crippen molar-refractivity contribution >= 4 is 42.3 Å². The Morgan fingerprint density at radius 3 is 2.52 bits per heavy atom. The number of carbonyl (C=O) groups is 2. The van der Waals surface area contributed by atoms with Crippen LogP contribution in [0.2, 0.25) is 0 Å². The fraction of sp³-hybridized carbons (Fsp3) is 0.0909. The summed E-state index contributed by atoms with van der Waals surface area (Å²) >= 11 is 5.92. The van der Waals surface area contributed by atoms with Gasteiger partial charge in [-0.1, -0.05) is 54.2 Å². The zero-order chi connectivity index (χ0) is 20.4. The van der Waals surface area contributed by atoms with Crippen LogP contribution in [0.4, 0.5) is 0 Å². The Balaban J connectivity index is 1.51. The molecule has 1 fully saturated rings. The molecule has 0 spiro atoms. The summed E-state index contributed by atoms with van der Waals surface area (Å²) in [4.78, 5) is 26.0. The van der Waals surface area contributed by atoms with Crippen molar-refractivity contribution in [1.82, 2.24) is 4.90 Å². The van der Waals surface area contributed by atoms with Gasteiger partial charge in [-0.25, -0.2) is 4.79 Å². The van der Waals surface area contributed by atoms with Gasteiger partial charge in [0.05, 0.1) is 10.5 Å². The molecule has 7 heteroatoms. The van der Waals surface area contributed by atoms with E-state index in [0.717, 1.165) is 11.1 Å². The summed E-state index contributed by atoms with van der Waals surface area (Å²) in [6, 6.07) is 19.8. The van der Waals surface area contributed by atoms with E-state index in [1.807, 2.05) is 30.3 Å². The van der Waals surface area contributed by atoms with Crippen LogP contribution >= 0.6 is 24.4 Å². The topological polar surface area (TPSA) is 70.8 Å². The van der Waals surface area contributed by atoms with Gasteiger partial charge in [-0.3, -0.25) is 4.79 Å². The van der Waals surface area contributed by atoms with Crippen molar-refractivity contribution in [3.8, 4) is 11.3 Å². The van der Waals surface area contributed by atoms with Crippen LogP contribution in [-0.4, -0.2) is 26.6 Å². The van der Waals surface area contributed by atoms with Gasteiger partial charge >= 0.3 is 5.97 Å².